The molecule has 0 unspecified atom stereocenters. The van der Waals surface area contributed by atoms with E-state index in [-0.39, 0.29) is 18.3 Å². The van der Waals surface area contributed by atoms with Crippen LogP contribution in [0.15, 0.2) is 66.1 Å². The van der Waals surface area contributed by atoms with Crippen LogP contribution in [0.5, 0.6) is 0 Å². The summed E-state index contributed by atoms with van der Waals surface area (Å²) in [7, 11) is -0.340. The summed E-state index contributed by atoms with van der Waals surface area (Å²) in [6.45, 7) is 13.0. The molecular weight excluding hydrogens is 331 g/mol. The topological polar surface area (TPSA) is 18.5 Å². The van der Waals surface area contributed by atoms with Gasteiger partial charge in [0.05, 0.1) is 11.2 Å². The molecule has 0 N–H and O–H groups in total. The Morgan fingerprint density at radius 3 is 1.78 bits per heavy atom. The number of hydrogen-bond donors (Lipinski definition) is 0. The highest BCUT2D eigenvalue weighted by molar-refractivity contribution is 6.56. The maximum Gasteiger partial charge on any atom is 0.491 e. The Balaban J connectivity index is 2.12. The third-order valence-corrected chi connectivity index (χ3v) is 5.78. The van der Waals surface area contributed by atoms with Gasteiger partial charge in [0.2, 0.25) is 0 Å². The van der Waals surface area contributed by atoms with E-state index < -0.39 is 0 Å². The SMILES string of the molecule is CC(C)/C(=C(\Cc1ccccc1)B1OC(C)(C)C(C)(C)O1)c1ccccc1. The van der Waals surface area contributed by atoms with Crippen LogP contribution in [0.25, 0.3) is 5.57 Å². The van der Waals surface area contributed by atoms with E-state index >= 15 is 0 Å². The van der Waals surface area contributed by atoms with Gasteiger partial charge in [-0.3, -0.25) is 0 Å². The van der Waals surface area contributed by atoms with Crippen molar-refractivity contribution in [3.05, 3.63) is 77.3 Å². The maximum atomic E-state index is 6.47. The van der Waals surface area contributed by atoms with E-state index in [0.717, 1.165) is 6.42 Å². The first-order chi connectivity index (χ1) is 12.7. The van der Waals surface area contributed by atoms with Gasteiger partial charge in [0.25, 0.3) is 0 Å². The maximum absolute atomic E-state index is 6.47. The molecule has 1 heterocycles. The van der Waals surface area contributed by atoms with E-state index in [1.54, 1.807) is 0 Å². The predicted octanol–water partition coefficient (Wildman–Crippen LogP) is 5.97. The molecule has 0 bridgehead atoms. The minimum absolute atomic E-state index is 0.340. The van der Waals surface area contributed by atoms with Gasteiger partial charge >= 0.3 is 7.12 Å². The van der Waals surface area contributed by atoms with E-state index in [1.807, 2.05) is 0 Å². The highest BCUT2D eigenvalue weighted by atomic mass is 16.7. The Hall–Kier alpha value is -1.84. The molecule has 1 aliphatic rings. The van der Waals surface area contributed by atoms with E-state index in [0.29, 0.717) is 5.92 Å². The van der Waals surface area contributed by atoms with Crippen LogP contribution < -0.4 is 0 Å². The normalized spacial score (nSPS) is 19.3. The van der Waals surface area contributed by atoms with E-state index in [9.17, 15) is 0 Å². The van der Waals surface area contributed by atoms with Gasteiger partial charge in [-0.05, 0) is 62.2 Å². The minimum atomic E-state index is -0.349. The third-order valence-electron chi connectivity index (χ3n) is 5.78. The van der Waals surface area contributed by atoms with Gasteiger partial charge in [-0.1, -0.05) is 74.5 Å². The van der Waals surface area contributed by atoms with Crippen LogP contribution in [0.2, 0.25) is 0 Å². The Morgan fingerprint density at radius 1 is 0.815 bits per heavy atom. The molecule has 27 heavy (non-hydrogen) atoms. The van der Waals surface area contributed by atoms with Crippen molar-refractivity contribution in [2.45, 2.75) is 59.2 Å². The number of benzene rings is 2. The molecule has 3 heteroatoms. The lowest BCUT2D eigenvalue weighted by molar-refractivity contribution is 0.00578. The standard InChI is InChI=1S/C24H31BO2/c1-18(2)22(20-15-11-8-12-16-20)21(17-19-13-9-7-10-14-19)25-26-23(3,4)24(5,6)27-25/h7-16,18H,17H2,1-6H3/b22-21-. The monoisotopic (exact) mass is 362 g/mol. The molecule has 0 aliphatic carbocycles. The number of allylic oxidation sites excluding steroid dienone is 2. The lowest BCUT2D eigenvalue weighted by Crippen LogP contribution is -2.41. The average Bonchev–Trinajstić information content (AvgIpc) is 2.83. The molecular formula is C24H31BO2. The molecule has 2 aromatic carbocycles. The summed E-state index contributed by atoms with van der Waals surface area (Å²) in [5.41, 5.74) is 4.36. The van der Waals surface area contributed by atoms with Gasteiger partial charge in [-0.2, -0.15) is 0 Å². The van der Waals surface area contributed by atoms with Crippen molar-refractivity contribution >= 4 is 12.7 Å². The van der Waals surface area contributed by atoms with Crippen LogP contribution in [-0.4, -0.2) is 18.3 Å². The summed E-state index contributed by atoms with van der Waals surface area (Å²) < 4.78 is 12.9. The second-order valence-corrected chi connectivity index (χ2v) is 8.71. The fourth-order valence-corrected chi connectivity index (χ4v) is 3.61. The zero-order valence-electron chi connectivity index (χ0n) is 17.5. The molecule has 142 valence electrons. The van der Waals surface area contributed by atoms with Crippen LogP contribution in [0.4, 0.5) is 0 Å². The van der Waals surface area contributed by atoms with E-state index in [4.69, 9.17) is 9.31 Å². The average molecular weight is 362 g/mol. The molecule has 0 atom stereocenters. The van der Waals surface area contributed by atoms with Gasteiger partial charge < -0.3 is 9.31 Å². The van der Waals surface area contributed by atoms with Gasteiger partial charge in [0.1, 0.15) is 0 Å². The molecule has 2 nitrogen and oxygen atoms in total. The molecule has 0 spiro atoms. The zero-order valence-corrected chi connectivity index (χ0v) is 17.5. The molecule has 0 aromatic heterocycles. The van der Waals surface area contributed by atoms with Crippen LogP contribution in [-0.2, 0) is 15.7 Å². The van der Waals surface area contributed by atoms with Crippen LogP contribution in [0.3, 0.4) is 0 Å². The fourth-order valence-electron chi connectivity index (χ4n) is 3.61. The Kier molecular flexibility index (Phi) is 5.64. The van der Waals surface area contributed by atoms with Gasteiger partial charge in [0.15, 0.2) is 0 Å². The Bertz CT molecular complexity index is 776. The quantitative estimate of drug-likeness (QED) is 0.610. The summed E-state index contributed by atoms with van der Waals surface area (Å²) in [4.78, 5) is 0. The van der Waals surface area contributed by atoms with Crippen LogP contribution in [0.1, 0.15) is 52.7 Å². The van der Waals surface area contributed by atoms with Crippen LogP contribution in [0, 0.1) is 5.92 Å². The second kappa shape index (κ2) is 7.65. The van der Waals surface area contributed by atoms with Gasteiger partial charge in [-0.15, -0.1) is 0 Å². The van der Waals surface area contributed by atoms with Crippen molar-refractivity contribution in [3.8, 4) is 0 Å². The molecule has 1 aliphatic heterocycles. The molecule has 0 radical (unpaired) electrons. The van der Waals surface area contributed by atoms with Gasteiger partial charge in [-0.25, -0.2) is 0 Å². The lowest BCUT2D eigenvalue weighted by Gasteiger charge is -2.32. The van der Waals surface area contributed by atoms with E-state index in [1.165, 1.54) is 22.2 Å². The summed E-state index contributed by atoms with van der Waals surface area (Å²) >= 11 is 0. The smallest absolute Gasteiger partial charge is 0.400 e. The second-order valence-electron chi connectivity index (χ2n) is 8.71. The van der Waals surface area contributed by atoms with E-state index in [2.05, 4.69) is 102 Å². The summed E-state index contributed by atoms with van der Waals surface area (Å²) in [6.07, 6.45) is 0.820. The third kappa shape index (κ3) is 4.20. The van der Waals surface area contributed by atoms with Crippen molar-refractivity contribution in [1.29, 1.82) is 0 Å². The predicted molar refractivity (Wildman–Crippen MR) is 114 cm³/mol. The minimum Gasteiger partial charge on any atom is -0.400 e. The van der Waals surface area contributed by atoms with Gasteiger partial charge in [0, 0.05) is 0 Å². The highest BCUT2D eigenvalue weighted by Gasteiger charge is 2.52. The lowest BCUT2D eigenvalue weighted by atomic mass is 9.68. The summed E-state index contributed by atoms with van der Waals surface area (Å²) in [5, 5.41) is 0. The first-order valence-electron chi connectivity index (χ1n) is 9.89. The largest absolute Gasteiger partial charge is 0.491 e. The van der Waals surface area contributed by atoms with Crippen molar-refractivity contribution in [2.24, 2.45) is 5.92 Å². The Labute approximate surface area is 164 Å². The molecule has 3 rings (SSSR count). The molecule has 0 saturated carbocycles. The molecule has 2 aromatic rings. The fraction of sp³-hybridized carbons (Fsp3) is 0.417. The summed E-state index contributed by atoms with van der Waals surface area (Å²) in [6, 6.07) is 21.2. The highest BCUT2D eigenvalue weighted by Crippen LogP contribution is 2.41. The van der Waals surface area contributed by atoms with Crippen molar-refractivity contribution in [1.82, 2.24) is 0 Å². The van der Waals surface area contributed by atoms with Crippen molar-refractivity contribution in [2.75, 3.05) is 0 Å². The molecule has 1 saturated heterocycles. The van der Waals surface area contributed by atoms with Crippen LogP contribution >= 0.6 is 0 Å². The molecule has 0 amide bonds. The first kappa shape index (κ1) is 19.9. The number of hydrogen-bond acceptors (Lipinski definition) is 2. The zero-order chi connectivity index (χ0) is 19.7. The first-order valence-corrected chi connectivity index (χ1v) is 9.89. The Morgan fingerprint density at radius 2 is 1.30 bits per heavy atom. The summed E-state index contributed by atoms with van der Waals surface area (Å²) in [5.74, 6) is 0.366. The van der Waals surface area contributed by atoms with Crippen molar-refractivity contribution in [3.63, 3.8) is 0 Å². The number of rotatable bonds is 5. The molecule has 1 fully saturated rings. The van der Waals surface area contributed by atoms with Crippen molar-refractivity contribution < 1.29 is 9.31 Å².